The van der Waals surface area contributed by atoms with Gasteiger partial charge in [-0.15, -0.1) is 0 Å². The lowest BCUT2D eigenvalue weighted by atomic mass is 9.95. The van der Waals surface area contributed by atoms with Gasteiger partial charge in [0.15, 0.2) is 11.5 Å². The number of rotatable bonds is 7. The average Bonchev–Trinajstić information content (AvgIpc) is 2.61. The number of halogens is 1. The molecule has 0 radical (unpaired) electrons. The van der Waals surface area contributed by atoms with Gasteiger partial charge < -0.3 is 14.8 Å². The van der Waals surface area contributed by atoms with Gasteiger partial charge in [-0.05, 0) is 61.7 Å². The van der Waals surface area contributed by atoms with Crippen LogP contribution in [0.5, 0.6) is 11.5 Å². The molecule has 26 heavy (non-hydrogen) atoms. The fraction of sp³-hybridized carbons (Fsp3) is 0.286. The Morgan fingerprint density at radius 1 is 1.08 bits per heavy atom. The van der Waals surface area contributed by atoms with Crippen LogP contribution in [0.4, 0.5) is 0 Å². The maximum Gasteiger partial charge on any atom is 0.244 e. The van der Waals surface area contributed by atoms with Crippen LogP contribution in [0.3, 0.4) is 0 Å². The van der Waals surface area contributed by atoms with Crippen molar-refractivity contribution in [3.05, 3.63) is 64.7 Å². The summed E-state index contributed by atoms with van der Waals surface area (Å²) in [5.41, 5.74) is 1.59. The number of ether oxygens (including phenoxy) is 2. The minimum Gasteiger partial charge on any atom is -0.493 e. The molecule has 138 valence electrons. The maximum absolute atomic E-state index is 12.3. The van der Waals surface area contributed by atoms with Gasteiger partial charge in [-0.2, -0.15) is 0 Å². The highest BCUT2D eigenvalue weighted by Gasteiger charge is 2.19. The second-order valence-corrected chi connectivity index (χ2v) is 7.06. The molecule has 0 aliphatic rings. The number of nitrogens with one attached hydrogen (secondary N) is 1. The normalized spacial score (nSPS) is 11.4. The van der Waals surface area contributed by atoms with Crippen molar-refractivity contribution in [3.8, 4) is 11.5 Å². The zero-order valence-corrected chi connectivity index (χ0v) is 16.3. The van der Waals surface area contributed by atoms with Crippen LogP contribution in [0.15, 0.2) is 48.5 Å². The third kappa shape index (κ3) is 5.81. The number of methoxy groups -OCH3 is 2. The van der Waals surface area contributed by atoms with E-state index >= 15 is 0 Å². The van der Waals surface area contributed by atoms with E-state index in [4.69, 9.17) is 21.1 Å². The van der Waals surface area contributed by atoms with E-state index in [1.165, 1.54) is 6.08 Å². The van der Waals surface area contributed by atoms with E-state index in [9.17, 15) is 4.79 Å². The first-order chi connectivity index (χ1) is 12.3. The lowest BCUT2D eigenvalue weighted by Crippen LogP contribution is -2.44. The van der Waals surface area contributed by atoms with Gasteiger partial charge in [0.25, 0.3) is 0 Å². The summed E-state index contributed by atoms with van der Waals surface area (Å²) in [7, 11) is 3.17. The van der Waals surface area contributed by atoms with E-state index in [0.29, 0.717) is 22.9 Å². The number of hydrogen-bond donors (Lipinski definition) is 1. The summed E-state index contributed by atoms with van der Waals surface area (Å²) in [6.45, 7) is 3.98. The molecular formula is C21H24ClNO3. The molecule has 5 heteroatoms. The van der Waals surface area contributed by atoms with Gasteiger partial charge >= 0.3 is 0 Å². The van der Waals surface area contributed by atoms with E-state index in [2.05, 4.69) is 5.32 Å². The van der Waals surface area contributed by atoms with Crippen LogP contribution in [0.1, 0.15) is 25.0 Å². The highest BCUT2D eigenvalue weighted by molar-refractivity contribution is 6.30. The van der Waals surface area contributed by atoms with Crippen LogP contribution in [0.2, 0.25) is 5.02 Å². The summed E-state index contributed by atoms with van der Waals surface area (Å²) in [5.74, 6) is 1.12. The first-order valence-corrected chi connectivity index (χ1v) is 8.67. The van der Waals surface area contributed by atoms with Gasteiger partial charge in [-0.3, -0.25) is 4.79 Å². The highest BCUT2D eigenvalue weighted by atomic mass is 35.5. The van der Waals surface area contributed by atoms with Crippen LogP contribution in [-0.4, -0.2) is 25.7 Å². The van der Waals surface area contributed by atoms with Gasteiger partial charge in [-0.25, -0.2) is 0 Å². The van der Waals surface area contributed by atoms with Crippen molar-refractivity contribution in [1.82, 2.24) is 5.32 Å². The molecule has 0 aromatic heterocycles. The fourth-order valence-corrected chi connectivity index (χ4v) is 2.79. The minimum atomic E-state index is -0.382. The van der Waals surface area contributed by atoms with E-state index in [1.54, 1.807) is 26.4 Å². The molecule has 0 bridgehead atoms. The van der Waals surface area contributed by atoms with E-state index in [1.807, 2.05) is 50.2 Å². The summed E-state index contributed by atoms with van der Waals surface area (Å²) in [6.07, 6.45) is 3.97. The molecule has 0 heterocycles. The van der Waals surface area contributed by atoms with E-state index in [-0.39, 0.29) is 11.4 Å². The van der Waals surface area contributed by atoms with Crippen molar-refractivity contribution >= 4 is 23.6 Å². The lowest BCUT2D eigenvalue weighted by Gasteiger charge is -2.25. The summed E-state index contributed by atoms with van der Waals surface area (Å²) >= 11 is 5.91. The van der Waals surface area contributed by atoms with E-state index in [0.717, 1.165) is 11.1 Å². The summed E-state index contributed by atoms with van der Waals surface area (Å²) in [6, 6.07) is 13.1. The number of hydrogen-bond acceptors (Lipinski definition) is 3. The summed E-state index contributed by atoms with van der Waals surface area (Å²) in [5, 5.41) is 3.73. The SMILES string of the molecule is COc1ccc(C=CC(=O)NC(C)(C)Cc2ccc(Cl)cc2)cc1OC. The Hall–Kier alpha value is -2.46. The smallest absolute Gasteiger partial charge is 0.244 e. The second-order valence-electron chi connectivity index (χ2n) is 6.62. The predicted octanol–water partition coefficient (Wildman–Crippen LogP) is 4.51. The van der Waals surface area contributed by atoms with Crippen LogP contribution in [0.25, 0.3) is 6.08 Å². The van der Waals surface area contributed by atoms with E-state index < -0.39 is 0 Å². The topological polar surface area (TPSA) is 47.6 Å². The molecule has 2 rings (SSSR count). The average molecular weight is 374 g/mol. The van der Waals surface area contributed by atoms with Crippen molar-refractivity contribution in [2.24, 2.45) is 0 Å². The van der Waals surface area contributed by atoms with Gasteiger partial charge in [0.2, 0.25) is 5.91 Å². The molecule has 4 nitrogen and oxygen atoms in total. The Balaban J connectivity index is 2.00. The summed E-state index contributed by atoms with van der Waals surface area (Å²) < 4.78 is 10.5. The lowest BCUT2D eigenvalue weighted by molar-refractivity contribution is -0.117. The molecule has 0 aliphatic heterocycles. The Morgan fingerprint density at radius 3 is 2.35 bits per heavy atom. The van der Waals surface area contributed by atoms with Crippen LogP contribution >= 0.6 is 11.6 Å². The third-order valence-electron chi connectivity index (χ3n) is 3.86. The van der Waals surface area contributed by atoms with Crippen LogP contribution in [0, 0.1) is 0 Å². The molecule has 0 aliphatic carbocycles. The Morgan fingerprint density at radius 2 is 1.73 bits per heavy atom. The van der Waals surface area contributed by atoms with Gasteiger partial charge in [-0.1, -0.05) is 29.8 Å². The number of carbonyl (C=O) groups is 1. The second kappa shape index (κ2) is 8.77. The van der Waals surface area contributed by atoms with Crippen molar-refractivity contribution < 1.29 is 14.3 Å². The Kier molecular flexibility index (Phi) is 6.70. The van der Waals surface area contributed by atoms with Crippen molar-refractivity contribution in [3.63, 3.8) is 0 Å². The Labute approximate surface area is 159 Å². The molecule has 1 N–H and O–H groups in total. The molecule has 0 saturated heterocycles. The molecule has 0 spiro atoms. The maximum atomic E-state index is 12.3. The van der Waals surface area contributed by atoms with Crippen molar-refractivity contribution in [2.75, 3.05) is 14.2 Å². The molecule has 0 atom stereocenters. The molecule has 0 saturated carbocycles. The summed E-state index contributed by atoms with van der Waals surface area (Å²) in [4.78, 5) is 12.3. The Bertz CT molecular complexity index is 782. The zero-order chi connectivity index (χ0) is 19.2. The number of benzene rings is 2. The standard InChI is InChI=1S/C21H24ClNO3/c1-21(2,14-16-5-9-17(22)10-6-16)23-20(24)12-8-15-7-11-18(25-3)19(13-15)26-4/h5-13H,14H2,1-4H3,(H,23,24). The van der Waals surface area contributed by atoms with Gasteiger partial charge in [0.1, 0.15) is 0 Å². The number of carbonyl (C=O) groups excluding carboxylic acids is 1. The predicted molar refractivity (Wildman–Crippen MR) is 106 cm³/mol. The molecular weight excluding hydrogens is 350 g/mol. The first kappa shape index (κ1) is 19.9. The van der Waals surface area contributed by atoms with Crippen LogP contribution in [-0.2, 0) is 11.2 Å². The third-order valence-corrected chi connectivity index (χ3v) is 4.11. The minimum absolute atomic E-state index is 0.154. The fourth-order valence-electron chi connectivity index (χ4n) is 2.66. The molecule has 0 unspecified atom stereocenters. The largest absolute Gasteiger partial charge is 0.493 e. The van der Waals surface area contributed by atoms with Crippen molar-refractivity contribution in [1.29, 1.82) is 0 Å². The van der Waals surface area contributed by atoms with Crippen LogP contribution < -0.4 is 14.8 Å². The van der Waals surface area contributed by atoms with Gasteiger partial charge in [0, 0.05) is 16.6 Å². The monoisotopic (exact) mass is 373 g/mol. The highest BCUT2D eigenvalue weighted by Crippen LogP contribution is 2.28. The van der Waals surface area contributed by atoms with Crippen molar-refractivity contribution in [2.45, 2.75) is 25.8 Å². The molecule has 1 amide bonds. The quantitative estimate of drug-likeness (QED) is 0.726. The van der Waals surface area contributed by atoms with Gasteiger partial charge in [0.05, 0.1) is 14.2 Å². The molecule has 0 fully saturated rings. The molecule has 2 aromatic carbocycles. The molecule has 2 aromatic rings. The first-order valence-electron chi connectivity index (χ1n) is 8.30. The number of amides is 1. The zero-order valence-electron chi connectivity index (χ0n) is 15.5.